The Kier molecular flexibility index (Phi) is 5.63. The van der Waals surface area contributed by atoms with Gasteiger partial charge in [-0.15, -0.1) is 0 Å². The van der Waals surface area contributed by atoms with Crippen molar-refractivity contribution >= 4 is 23.1 Å². The summed E-state index contributed by atoms with van der Waals surface area (Å²) in [4.78, 5) is 37.9. The summed E-state index contributed by atoms with van der Waals surface area (Å²) in [5, 5.41) is 28.0. The van der Waals surface area contributed by atoms with Crippen LogP contribution in [-0.4, -0.2) is 26.7 Å². The van der Waals surface area contributed by atoms with Crippen molar-refractivity contribution < 1.29 is 24.5 Å². The zero-order valence-corrected chi connectivity index (χ0v) is 9.10. The van der Waals surface area contributed by atoms with Gasteiger partial charge in [0.05, 0.1) is 15.9 Å². The molecule has 1 aromatic carbocycles. The quantitative estimate of drug-likeness (QED) is 0.485. The number of hydrogen-bond acceptors (Lipinski definition) is 6. The number of aliphatic carboxylic acids is 1. The lowest BCUT2D eigenvalue weighted by atomic mass is 10.3. The molecular formula is C9H8N2O7. The monoisotopic (exact) mass is 256 g/mol. The van der Waals surface area contributed by atoms with Crippen molar-refractivity contribution in [2.75, 3.05) is 0 Å². The van der Waals surface area contributed by atoms with E-state index in [2.05, 4.69) is 0 Å². The van der Waals surface area contributed by atoms with E-state index in [1.807, 2.05) is 0 Å². The number of rotatable bonds is 3. The van der Waals surface area contributed by atoms with Crippen LogP contribution in [0.15, 0.2) is 24.3 Å². The zero-order chi connectivity index (χ0) is 14.3. The molecule has 9 nitrogen and oxygen atoms in total. The van der Waals surface area contributed by atoms with Gasteiger partial charge in [-0.3, -0.25) is 25.0 Å². The molecule has 1 N–H and O–H groups in total. The van der Waals surface area contributed by atoms with Gasteiger partial charge in [0.15, 0.2) is 0 Å². The fourth-order valence-electron chi connectivity index (χ4n) is 0.720. The Morgan fingerprint density at radius 2 is 1.44 bits per heavy atom. The number of carbonyl (C=O) groups excluding carboxylic acids is 1. The molecule has 0 unspecified atom stereocenters. The molecule has 0 aliphatic rings. The molecule has 0 aromatic heterocycles. The molecule has 0 saturated carbocycles. The Morgan fingerprint density at radius 1 is 1.11 bits per heavy atom. The first-order valence-corrected chi connectivity index (χ1v) is 4.38. The van der Waals surface area contributed by atoms with Crippen molar-refractivity contribution in [2.45, 2.75) is 6.92 Å². The number of Topliss-reactive ketones (excluding diaryl/α,β-unsaturated/α-hetero) is 1. The van der Waals surface area contributed by atoms with Gasteiger partial charge in [0.25, 0.3) is 11.4 Å². The van der Waals surface area contributed by atoms with E-state index < -0.39 is 21.6 Å². The zero-order valence-electron chi connectivity index (χ0n) is 9.10. The smallest absolute Gasteiger partial charge is 0.371 e. The van der Waals surface area contributed by atoms with Crippen molar-refractivity contribution in [3.8, 4) is 0 Å². The molecule has 1 rings (SSSR count). The maximum Gasteiger partial charge on any atom is 0.371 e. The van der Waals surface area contributed by atoms with Gasteiger partial charge >= 0.3 is 5.97 Å². The number of carboxylic acids is 1. The first kappa shape index (κ1) is 15.2. The van der Waals surface area contributed by atoms with Gasteiger partial charge in [-0.1, -0.05) is 0 Å². The molecule has 0 heterocycles. The Hall–Kier alpha value is -2.84. The summed E-state index contributed by atoms with van der Waals surface area (Å²) in [7, 11) is 0. The van der Waals surface area contributed by atoms with E-state index in [1.54, 1.807) is 0 Å². The molecule has 96 valence electrons. The van der Waals surface area contributed by atoms with Crippen molar-refractivity contribution in [3.05, 3.63) is 44.5 Å². The minimum absolute atomic E-state index is 0.274. The van der Waals surface area contributed by atoms with Gasteiger partial charge in [-0.05, 0) is 6.07 Å². The summed E-state index contributed by atoms with van der Waals surface area (Å²) in [6.45, 7) is 1.00. The van der Waals surface area contributed by atoms with Crippen molar-refractivity contribution in [2.24, 2.45) is 0 Å². The highest BCUT2D eigenvalue weighted by atomic mass is 16.6. The van der Waals surface area contributed by atoms with E-state index in [4.69, 9.17) is 5.11 Å². The molecule has 0 spiro atoms. The van der Waals surface area contributed by atoms with Gasteiger partial charge < -0.3 is 5.11 Å². The highest BCUT2D eigenvalue weighted by Crippen LogP contribution is 2.18. The van der Waals surface area contributed by atoms with Crippen LogP contribution in [0.2, 0.25) is 0 Å². The van der Waals surface area contributed by atoms with Crippen molar-refractivity contribution in [1.29, 1.82) is 0 Å². The lowest BCUT2D eigenvalue weighted by Crippen LogP contribution is -2.05. The van der Waals surface area contributed by atoms with Crippen LogP contribution in [0.1, 0.15) is 6.92 Å². The van der Waals surface area contributed by atoms with Gasteiger partial charge in [-0.25, -0.2) is 4.79 Å². The number of hydrogen-bond donors (Lipinski definition) is 1. The number of ketones is 1. The Balaban J connectivity index is 0.000000411. The molecule has 0 fully saturated rings. The molecule has 9 heteroatoms. The molecule has 0 bridgehead atoms. The first-order valence-electron chi connectivity index (χ1n) is 4.38. The van der Waals surface area contributed by atoms with Gasteiger partial charge in [-0.2, -0.15) is 0 Å². The molecular weight excluding hydrogens is 248 g/mol. The van der Waals surface area contributed by atoms with E-state index in [0.717, 1.165) is 13.0 Å². The van der Waals surface area contributed by atoms with Gasteiger partial charge in [0, 0.05) is 19.1 Å². The second-order valence-electron chi connectivity index (χ2n) is 2.90. The summed E-state index contributed by atoms with van der Waals surface area (Å²) in [6, 6.07) is 4.59. The Bertz CT molecular complexity index is 456. The van der Waals surface area contributed by atoms with E-state index in [-0.39, 0.29) is 11.4 Å². The third-order valence-electron chi connectivity index (χ3n) is 1.55. The van der Waals surface area contributed by atoms with Gasteiger partial charge in [0.1, 0.15) is 0 Å². The van der Waals surface area contributed by atoms with E-state index in [1.165, 1.54) is 18.2 Å². The first-order chi connectivity index (χ1) is 8.25. The fraction of sp³-hybridized carbons (Fsp3) is 0.111. The number of nitro benzene ring substituents is 2. The van der Waals surface area contributed by atoms with Crippen LogP contribution in [0.5, 0.6) is 0 Å². The fourth-order valence-corrected chi connectivity index (χ4v) is 0.720. The highest BCUT2D eigenvalue weighted by molar-refractivity contribution is 6.31. The number of non-ortho nitro benzene ring substituents is 2. The molecule has 0 radical (unpaired) electrons. The topological polar surface area (TPSA) is 141 Å². The van der Waals surface area contributed by atoms with Crippen LogP contribution in [0, 0.1) is 20.2 Å². The number of benzene rings is 1. The Labute approximate surface area is 100.0 Å². The van der Waals surface area contributed by atoms with E-state index in [9.17, 15) is 29.8 Å². The number of carboxylic acid groups (broad SMARTS) is 1. The minimum atomic E-state index is -1.38. The third-order valence-corrected chi connectivity index (χ3v) is 1.55. The predicted molar refractivity (Wildman–Crippen MR) is 58.1 cm³/mol. The molecule has 0 saturated heterocycles. The molecule has 0 aliphatic heterocycles. The standard InChI is InChI=1S/C6H4N2O4.C3H4O3/c9-7(10)5-2-1-3-6(4-5)8(11)12;1-2(4)3(5)6/h1-4H;1H3,(H,5,6). The van der Waals surface area contributed by atoms with Crippen molar-refractivity contribution in [1.82, 2.24) is 0 Å². The number of carbonyl (C=O) groups is 2. The molecule has 0 aliphatic carbocycles. The average molecular weight is 256 g/mol. The lowest BCUT2D eigenvalue weighted by molar-refractivity contribution is -0.394. The second kappa shape index (κ2) is 6.68. The molecule has 1 aromatic rings. The summed E-state index contributed by atoms with van der Waals surface area (Å²) in [5.74, 6) is -2.20. The van der Waals surface area contributed by atoms with Crippen LogP contribution in [0.4, 0.5) is 11.4 Å². The van der Waals surface area contributed by atoms with Gasteiger partial charge in [0.2, 0.25) is 5.78 Å². The third kappa shape index (κ3) is 5.30. The Morgan fingerprint density at radius 3 is 1.67 bits per heavy atom. The van der Waals surface area contributed by atoms with Crippen LogP contribution in [0.25, 0.3) is 0 Å². The summed E-state index contributed by atoms with van der Waals surface area (Å²) in [6.07, 6.45) is 0. The molecule has 0 amide bonds. The molecule has 0 atom stereocenters. The SMILES string of the molecule is CC(=O)C(=O)O.O=[N+]([O-])c1cccc([N+](=O)[O-])c1. The number of nitro groups is 2. The normalized spacial score (nSPS) is 8.72. The van der Waals surface area contributed by atoms with Crippen LogP contribution >= 0.6 is 0 Å². The second-order valence-corrected chi connectivity index (χ2v) is 2.90. The highest BCUT2D eigenvalue weighted by Gasteiger charge is 2.11. The van der Waals surface area contributed by atoms with E-state index in [0.29, 0.717) is 0 Å². The average Bonchev–Trinajstić information content (AvgIpc) is 2.29. The predicted octanol–water partition coefficient (Wildman–Crippen LogP) is 1.16. The van der Waals surface area contributed by atoms with Crippen LogP contribution in [0.3, 0.4) is 0 Å². The maximum atomic E-state index is 10.2. The van der Waals surface area contributed by atoms with E-state index >= 15 is 0 Å². The van der Waals surface area contributed by atoms with Crippen LogP contribution < -0.4 is 0 Å². The van der Waals surface area contributed by atoms with Crippen molar-refractivity contribution in [3.63, 3.8) is 0 Å². The summed E-state index contributed by atoms with van der Waals surface area (Å²) < 4.78 is 0. The largest absolute Gasteiger partial charge is 0.476 e. The summed E-state index contributed by atoms with van der Waals surface area (Å²) >= 11 is 0. The minimum Gasteiger partial charge on any atom is -0.476 e. The summed E-state index contributed by atoms with van der Waals surface area (Å²) in [5.41, 5.74) is -0.548. The van der Waals surface area contributed by atoms with Crippen LogP contribution in [-0.2, 0) is 9.59 Å². The lowest BCUT2D eigenvalue weighted by Gasteiger charge is -1.90. The maximum absolute atomic E-state index is 10.2. The molecule has 18 heavy (non-hydrogen) atoms. The number of nitrogens with zero attached hydrogens (tertiary/aromatic N) is 2.